The van der Waals surface area contributed by atoms with Crippen molar-refractivity contribution in [2.75, 3.05) is 0 Å². The van der Waals surface area contributed by atoms with Gasteiger partial charge in [-0.05, 0) is 28.3 Å². The number of benzene rings is 3. The summed E-state index contributed by atoms with van der Waals surface area (Å²) in [5, 5.41) is 8.56. The van der Waals surface area contributed by atoms with Crippen molar-refractivity contribution < 1.29 is 0 Å². The molecule has 0 aliphatic carbocycles. The molecule has 102 valence electrons. The molecule has 2 heterocycles. The molecule has 5 rings (SSSR count). The maximum atomic E-state index is 4.65. The lowest BCUT2D eigenvalue weighted by Crippen LogP contribution is -1.86. The summed E-state index contributed by atoms with van der Waals surface area (Å²) in [7, 11) is 0. The van der Waals surface area contributed by atoms with Gasteiger partial charge < -0.3 is 0 Å². The van der Waals surface area contributed by atoms with Gasteiger partial charge in [-0.15, -0.1) is 0 Å². The molecule has 22 heavy (non-hydrogen) atoms. The smallest absolute Gasteiger partial charge is 0.0715 e. The van der Waals surface area contributed by atoms with Gasteiger partial charge in [0.15, 0.2) is 0 Å². The van der Waals surface area contributed by atoms with E-state index in [0.29, 0.717) is 0 Å². The second kappa shape index (κ2) is 4.25. The molecule has 0 radical (unpaired) electrons. The zero-order valence-electron chi connectivity index (χ0n) is 11.8. The van der Waals surface area contributed by atoms with E-state index in [1.54, 1.807) is 0 Å². The van der Waals surface area contributed by atoms with Crippen LogP contribution in [0.2, 0.25) is 0 Å². The summed E-state index contributed by atoms with van der Waals surface area (Å²) in [6, 6.07) is 19.1. The van der Waals surface area contributed by atoms with Crippen molar-refractivity contribution in [3.63, 3.8) is 0 Å². The Morgan fingerprint density at radius 2 is 1.41 bits per heavy atom. The molecular formula is C20H12N2. The highest BCUT2D eigenvalue weighted by molar-refractivity contribution is 6.26. The number of hydrogen-bond acceptors (Lipinski definition) is 2. The largest absolute Gasteiger partial charge is 0.264 e. The first kappa shape index (κ1) is 11.6. The lowest BCUT2D eigenvalue weighted by Gasteiger charge is -2.09. The third-order valence-corrected chi connectivity index (χ3v) is 4.35. The summed E-state index contributed by atoms with van der Waals surface area (Å²) in [5.74, 6) is 0. The molecule has 0 spiro atoms. The number of aromatic nitrogens is 2. The van der Waals surface area contributed by atoms with Crippen LogP contribution in [0, 0.1) is 0 Å². The van der Waals surface area contributed by atoms with Gasteiger partial charge in [0.1, 0.15) is 0 Å². The number of nitrogens with zero attached hydrogens (tertiary/aromatic N) is 2. The quantitative estimate of drug-likeness (QED) is 0.369. The first-order valence-corrected chi connectivity index (χ1v) is 7.35. The average molecular weight is 280 g/mol. The number of rotatable bonds is 0. The van der Waals surface area contributed by atoms with E-state index >= 15 is 0 Å². The summed E-state index contributed by atoms with van der Waals surface area (Å²) in [6.07, 6.45) is 5.75. The van der Waals surface area contributed by atoms with Gasteiger partial charge >= 0.3 is 0 Å². The standard InChI is InChI=1S/C20H12N2/c1-2-4-16-13(3-1)7-8-18-20(16)19-15(12-22-18)6-5-14-11-21-10-9-17(14)19/h1-12H. The molecule has 0 unspecified atom stereocenters. The highest BCUT2D eigenvalue weighted by Gasteiger charge is 2.09. The van der Waals surface area contributed by atoms with Gasteiger partial charge in [-0.3, -0.25) is 9.97 Å². The van der Waals surface area contributed by atoms with E-state index in [4.69, 9.17) is 0 Å². The van der Waals surface area contributed by atoms with Crippen molar-refractivity contribution in [2.45, 2.75) is 0 Å². The van der Waals surface area contributed by atoms with Crippen molar-refractivity contribution in [1.29, 1.82) is 0 Å². The monoisotopic (exact) mass is 280 g/mol. The third kappa shape index (κ3) is 1.49. The number of fused-ring (bicyclic) bond motifs is 7. The van der Waals surface area contributed by atoms with Gasteiger partial charge in [-0.25, -0.2) is 0 Å². The molecule has 2 heteroatoms. The van der Waals surface area contributed by atoms with E-state index in [0.717, 1.165) is 10.9 Å². The van der Waals surface area contributed by atoms with Gasteiger partial charge in [-0.1, -0.05) is 42.5 Å². The Kier molecular flexibility index (Phi) is 2.25. The van der Waals surface area contributed by atoms with Crippen LogP contribution in [-0.4, -0.2) is 9.97 Å². The molecule has 2 nitrogen and oxygen atoms in total. The molecule has 2 aromatic heterocycles. The highest BCUT2D eigenvalue weighted by atomic mass is 14.7. The fraction of sp³-hybridized carbons (Fsp3) is 0. The minimum Gasteiger partial charge on any atom is -0.264 e. The van der Waals surface area contributed by atoms with Crippen LogP contribution in [0.4, 0.5) is 0 Å². The molecule has 5 aromatic rings. The SMILES string of the molecule is c1ccc2c(c1)ccc1ncc3ccc4cnccc4c3c12. The van der Waals surface area contributed by atoms with Gasteiger partial charge in [0, 0.05) is 40.1 Å². The van der Waals surface area contributed by atoms with Crippen LogP contribution in [0.25, 0.3) is 43.2 Å². The molecule has 0 saturated carbocycles. The van der Waals surface area contributed by atoms with E-state index in [-0.39, 0.29) is 0 Å². The first-order valence-electron chi connectivity index (χ1n) is 7.35. The van der Waals surface area contributed by atoms with Crippen molar-refractivity contribution in [2.24, 2.45) is 0 Å². The van der Waals surface area contributed by atoms with Crippen LogP contribution in [0.3, 0.4) is 0 Å². The normalized spacial score (nSPS) is 11.6. The van der Waals surface area contributed by atoms with Gasteiger partial charge in [0.2, 0.25) is 0 Å². The lowest BCUT2D eigenvalue weighted by atomic mass is 9.97. The number of hydrogen-bond donors (Lipinski definition) is 0. The second-order valence-electron chi connectivity index (χ2n) is 5.57. The Morgan fingerprint density at radius 1 is 0.591 bits per heavy atom. The molecule has 0 amide bonds. The summed E-state index contributed by atoms with van der Waals surface area (Å²) >= 11 is 0. The fourth-order valence-electron chi connectivity index (χ4n) is 3.34. The summed E-state index contributed by atoms with van der Waals surface area (Å²) in [5.41, 5.74) is 1.04. The Labute approximate surface area is 127 Å². The van der Waals surface area contributed by atoms with Gasteiger partial charge in [0.05, 0.1) is 5.52 Å². The molecule has 0 fully saturated rings. The van der Waals surface area contributed by atoms with Crippen molar-refractivity contribution in [1.82, 2.24) is 9.97 Å². The van der Waals surface area contributed by atoms with Gasteiger partial charge in [-0.2, -0.15) is 0 Å². The summed E-state index contributed by atoms with van der Waals surface area (Å²) in [6.45, 7) is 0. The van der Waals surface area contributed by atoms with E-state index < -0.39 is 0 Å². The van der Waals surface area contributed by atoms with Crippen LogP contribution in [0.1, 0.15) is 0 Å². The predicted molar refractivity (Wildman–Crippen MR) is 92.1 cm³/mol. The molecule has 0 atom stereocenters. The molecule has 0 bridgehead atoms. The first-order chi connectivity index (χ1) is 10.9. The Morgan fingerprint density at radius 3 is 2.41 bits per heavy atom. The molecule has 0 aliphatic rings. The van der Waals surface area contributed by atoms with Crippen LogP contribution in [0.5, 0.6) is 0 Å². The second-order valence-corrected chi connectivity index (χ2v) is 5.57. The maximum Gasteiger partial charge on any atom is 0.0715 e. The van der Waals surface area contributed by atoms with Crippen molar-refractivity contribution in [3.8, 4) is 0 Å². The fourth-order valence-corrected chi connectivity index (χ4v) is 3.34. The van der Waals surface area contributed by atoms with E-state index in [2.05, 4.69) is 64.6 Å². The van der Waals surface area contributed by atoms with Crippen LogP contribution < -0.4 is 0 Å². The van der Waals surface area contributed by atoms with Gasteiger partial charge in [0.25, 0.3) is 0 Å². The minimum absolute atomic E-state index is 1.04. The lowest BCUT2D eigenvalue weighted by molar-refractivity contribution is 1.37. The number of pyridine rings is 2. The molecular weight excluding hydrogens is 268 g/mol. The average Bonchev–Trinajstić information content (AvgIpc) is 2.60. The van der Waals surface area contributed by atoms with E-state index in [1.165, 1.54) is 32.3 Å². The topological polar surface area (TPSA) is 25.8 Å². The van der Waals surface area contributed by atoms with Crippen molar-refractivity contribution >= 4 is 43.2 Å². The molecule has 3 aromatic carbocycles. The summed E-state index contributed by atoms with van der Waals surface area (Å²) < 4.78 is 0. The van der Waals surface area contributed by atoms with Crippen LogP contribution in [0.15, 0.2) is 73.2 Å². The summed E-state index contributed by atoms with van der Waals surface area (Å²) in [4.78, 5) is 8.90. The highest BCUT2D eigenvalue weighted by Crippen LogP contribution is 2.34. The zero-order chi connectivity index (χ0) is 14.5. The molecule has 0 aliphatic heterocycles. The predicted octanol–water partition coefficient (Wildman–Crippen LogP) is 5.09. The minimum atomic E-state index is 1.04. The van der Waals surface area contributed by atoms with E-state index in [9.17, 15) is 0 Å². The third-order valence-electron chi connectivity index (χ3n) is 4.35. The Bertz CT molecular complexity index is 1070. The Balaban J connectivity index is 2.19. The van der Waals surface area contributed by atoms with Crippen LogP contribution >= 0.6 is 0 Å². The van der Waals surface area contributed by atoms with Crippen LogP contribution in [-0.2, 0) is 0 Å². The molecule has 0 N–H and O–H groups in total. The van der Waals surface area contributed by atoms with E-state index in [1.807, 2.05) is 18.6 Å². The Hall–Kier alpha value is -3.00. The molecule has 0 saturated heterocycles. The maximum absolute atomic E-state index is 4.65. The van der Waals surface area contributed by atoms with Crippen molar-refractivity contribution in [3.05, 3.63) is 73.2 Å². The zero-order valence-corrected chi connectivity index (χ0v) is 11.8.